The zero-order valence-corrected chi connectivity index (χ0v) is 14.9. The Balaban J connectivity index is 1.53. The minimum atomic E-state index is 0.643. The van der Waals surface area contributed by atoms with E-state index in [-0.39, 0.29) is 0 Å². The van der Waals surface area contributed by atoms with Gasteiger partial charge in [0.2, 0.25) is 0 Å². The second-order valence-electron chi connectivity index (χ2n) is 6.68. The Morgan fingerprint density at radius 2 is 2.04 bits per heavy atom. The quantitative estimate of drug-likeness (QED) is 0.645. The predicted octanol–water partition coefficient (Wildman–Crippen LogP) is 5.16. The van der Waals surface area contributed by atoms with Gasteiger partial charge in [-0.25, -0.2) is 4.98 Å². The molecule has 4 rings (SSSR count). The number of nitrogens with zero attached hydrogens (tertiary/aromatic N) is 2. The molecule has 1 N–H and O–H groups in total. The maximum Gasteiger partial charge on any atom is 0.183 e. The highest BCUT2D eigenvalue weighted by molar-refractivity contribution is 7.22. The largest absolute Gasteiger partial charge is 0.361 e. The van der Waals surface area contributed by atoms with Crippen LogP contribution in [0.25, 0.3) is 21.5 Å². The number of benzene rings is 1. The smallest absolute Gasteiger partial charge is 0.183 e. The van der Waals surface area contributed by atoms with Crippen LogP contribution in [-0.4, -0.2) is 22.8 Å². The lowest BCUT2D eigenvalue weighted by atomic mass is 9.89. The second-order valence-corrected chi connectivity index (χ2v) is 7.71. The lowest BCUT2D eigenvalue weighted by Gasteiger charge is -2.21. The van der Waals surface area contributed by atoms with Gasteiger partial charge in [-0.05, 0) is 43.0 Å². The average molecular weight is 351 g/mol. The van der Waals surface area contributed by atoms with E-state index < -0.39 is 0 Å². The second kappa shape index (κ2) is 7.31. The van der Waals surface area contributed by atoms with Crippen LogP contribution in [0.15, 0.2) is 36.5 Å². The van der Waals surface area contributed by atoms with E-state index in [2.05, 4.69) is 16.4 Å². The van der Waals surface area contributed by atoms with Crippen molar-refractivity contribution < 1.29 is 4.79 Å². The molecule has 4 nitrogen and oxygen atoms in total. The fourth-order valence-electron chi connectivity index (χ4n) is 3.46. The highest BCUT2D eigenvalue weighted by Crippen LogP contribution is 2.31. The minimum Gasteiger partial charge on any atom is -0.361 e. The molecule has 128 valence electrons. The van der Waals surface area contributed by atoms with Crippen LogP contribution in [0.5, 0.6) is 0 Å². The third-order valence-corrected chi connectivity index (χ3v) is 5.85. The minimum absolute atomic E-state index is 0.643. The van der Waals surface area contributed by atoms with E-state index in [1.165, 1.54) is 32.1 Å². The molecule has 0 amide bonds. The Bertz CT molecular complexity index is 884. The standard InChI is InChI=1S/C20H21N3OS/c24-13-15-8-9-21-18(10-15)16-6-7-17-19(11-16)25-20(23-17)22-12-14-4-2-1-3-5-14/h6-11,13-14H,1-5,12H2,(H,22,23). The highest BCUT2D eigenvalue weighted by Gasteiger charge is 2.14. The SMILES string of the molecule is O=Cc1ccnc(-c2ccc3nc(NCC4CCCCC4)sc3c2)c1. The van der Waals surface area contributed by atoms with E-state index in [9.17, 15) is 4.79 Å². The molecule has 1 aliphatic carbocycles. The molecule has 0 aliphatic heterocycles. The van der Waals surface area contributed by atoms with Crippen molar-refractivity contribution in [3.63, 3.8) is 0 Å². The molecule has 3 aromatic rings. The third kappa shape index (κ3) is 3.71. The van der Waals surface area contributed by atoms with Crippen molar-refractivity contribution in [1.82, 2.24) is 9.97 Å². The summed E-state index contributed by atoms with van der Waals surface area (Å²) in [4.78, 5) is 20.0. The van der Waals surface area contributed by atoms with Crippen LogP contribution in [0.2, 0.25) is 0 Å². The van der Waals surface area contributed by atoms with Gasteiger partial charge in [0.15, 0.2) is 5.13 Å². The predicted molar refractivity (Wildman–Crippen MR) is 103 cm³/mol. The van der Waals surface area contributed by atoms with Gasteiger partial charge in [0.05, 0.1) is 15.9 Å². The molecule has 0 atom stereocenters. The monoisotopic (exact) mass is 351 g/mol. The average Bonchev–Trinajstić information content (AvgIpc) is 3.09. The molecule has 0 unspecified atom stereocenters. The number of hydrogen-bond donors (Lipinski definition) is 1. The van der Waals surface area contributed by atoms with Crippen LogP contribution in [0.4, 0.5) is 5.13 Å². The lowest BCUT2D eigenvalue weighted by Crippen LogP contribution is -2.16. The topological polar surface area (TPSA) is 54.9 Å². The van der Waals surface area contributed by atoms with Gasteiger partial charge in [-0.2, -0.15) is 0 Å². The summed E-state index contributed by atoms with van der Waals surface area (Å²) in [6, 6.07) is 9.69. The molecule has 0 bridgehead atoms. The molecule has 1 fully saturated rings. The number of carbonyl (C=O) groups is 1. The van der Waals surface area contributed by atoms with Crippen LogP contribution in [-0.2, 0) is 0 Å². The van der Waals surface area contributed by atoms with Crippen molar-refractivity contribution in [3.05, 3.63) is 42.1 Å². The van der Waals surface area contributed by atoms with Crippen molar-refractivity contribution >= 4 is 33.0 Å². The zero-order chi connectivity index (χ0) is 17.1. The van der Waals surface area contributed by atoms with Crippen molar-refractivity contribution in [2.75, 3.05) is 11.9 Å². The zero-order valence-electron chi connectivity index (χ0n) is 14.1. The first kappa shape index (κ1) is 16.2. The summed E-state index contributed by atoms with van der Waals surface area (Å²) in [7, 11) is 0. The van der Waals surface area contributed by atoms with E-state index in [0.29, 0.717) is 5.56 Å². The molecule has 5 heteroatoms. The molecule has 0 spiro atoms. The van der Waals surface area contributed by atoms with Gasteiger partial charge in [0.25, 0.3) is 0 Å². The van der Waals surface area contributed by atoms with Crippen molar-refractivity contribution in [2.45, 2.75) is 32.1 Å². The van der Waals surface area contributed by atoms with Gasteiger partial charge in [0.1, 0.15) is 6.29 Å². The normalized spacial score (nSPS) is 15.4. The Kier molecular flexibility index (Phi) is 4.74. The molecular weight excluding hydrogens is 330 g/mol. The molecule has 1 aromatic carbocycles. The van der Waals surface area contributed by atoms with Gasteiger partial charge in [0, 0.05) is 23.9 Å². The van der Waals surface area contributed by atoms with E-state index in [0.717, 1.165) is 45.4 Å². The van der Waals surface area contributed by atoms with E-state index in [1.807, 2.05) is 18.2 Å². The molecule has 2 heterocycles. The summed E-state index contributed by atoms with van der Waals surface area (Å²) < 4.78 is 1.14. The summed E-state index contributed by atoms with van der Waals surface area (Å²) in [6.07, 6.45) is 9.31. The van der Waals surface area contributed by atoms with Gasteiger partial charge in [-0.15, -0.1) is 0 Å². The Hall–Kier alpha value is -2.27. The number of nitrogens with one attached hydrogen (secondary N) is 1. The molecule has 25 heavy (non-hydrogen) atoms. The first-order valence-corrected chi connectivity index (χ1v) is 9.69. The maximum atomic E-state index is 11.0. The Labute approximate surface area is 151 Å². The number of hydrogen-bond acceptors (Lipinski definition) is 5. The Morgan fingerprint density at radius 3 is 2.88 bits per heavy atom. The van der Waals surface area contributed by atoms with Crippen LogP contribution in [0.3, 0.4) is 0 Å². The summed E-state index contributed by atoms with van der Waals surface area (Å²) in [5.41, 5.74) is 3.48. The van der Waals surface area contributed by atoms with Gasteiger partial charge < -0.3 is 5.32 Å². The van der Waals surface area contributed by atoms with Crippen LogP contribution >= 0.6 is 11.3 Å². The Morgan fingerprint density at radius 1 is 1.16 bits per heavy atom. The molecule has 1 aliphatic rings. The van der Waals surface area contributed by atoms with E-state index >= 15 is 0 Å². The maximum absolute atomic E-state index is 11.0. The first-order chi connectivity index (χ1) is 12.3. The van der Waals surface area contributed by atoms with Crippen molar-refractivity contribution in [1.29, 1.82) is 0 Å². The number of rotatable bonds is 5. The fourth-order valence-corrected chi connectivity index (χ4v) is 4.37. The summed E-state index contributed by atoms with van der Waals surface area (Å²) in [5.74, 6) is 0.784. The molecule has 0 saturated heterocycles. The number of pyridine rings is 1. The summed E-state index contributed by atoms with van der Waals surface area (Å²) >= 11 is 1.69. The van der Waals surface area contributed by atoms with Gasteiger partial charge in [-0.1, -0.05) is 36.7 Å². The lowest BCUT2D eigenvalue weighted by molar-refractivity contribution is 0.112. The van der Waals surface area contributed by atoms with Crippen molar-refractivity contribution in [2.24, 2.45) is 5.92 Å². The first-order valence-electron chi connectivity index (χ1n) is 8.88. The number of thiazole rings is 1. The van der Waals surface area contributed by atoms with Crippen LogP contribution < -0.4 is 5.32 Å². The molecule has 2 aromatic heterocycles. The van der Waals surface area contributed by atoms with Crippen LogP contribution in [0.1, 0.15) is 42.5 Å². The van der Waals surface area contributed by atoms with E-state index in [1.54, 1.807) is 23.6 Å². The number of aldehydes is 1. The summed E-state index contributed by atoms with van der Waals surface area (Å²) in [6.45, 7) is 1.02. The number of aromatic nitrogens is 2. The molecular formula is C20H21N3OS. The molecule has 1 saturated carbocycles. The number of carbonyl (C=O) groups excluding carboxylic acids is 1. The van der Waals surface area contributed by atoms with Crippen LogP contribution in [0, 0.1) is 5.92 Å². The highest BCUT2D eigenvalue weighted by atomic mass is 32.1. The summed E-state index contributed by atoms with van der Waals surface area (Å²) in [5, 5.41) is 4.52. The number of fused-ring (bicyclic) bond motifs is 1. The van der Waals surface area contributed by atoms with Gasteiger partial charge in [-0.3, -0.25) is 9.78 Å². The third-order valence-electron chi connectivity index (χ3n) is 4.87. The molecule has 0 radical (unpaired) electrons. The fraction of sp³-hybridized carbons (Fsp3) is 0.350. The van der Waals surface area contributed by atoms with E-state index in [4.69, 9.17) is 4.98 Å². The van der Waals surface area contributed by atoms with Gasteiger partial charge >= 0.3 is 0 Å². The number of anilines is 1. The van der Waals surface area contributed by atoms with Crippen molar-refractivity contribution in [3.8, 4) is 11.3 Å².